The molecule has 0 aliphatic heterocycles. The van der Waals surface area contributed by atoms with Crippen LogP contribution in [-0.4, -0.2) is 23.9 Å². The van der Waals surface area contributed by atoms with Gasteiger partial charge in [-0.05, 0) is 50.4 Å². The highest BCUT2D eigenvalue weighted by atomic mass is 16.2. The van der Waals surface area contributed by atoms with Gasteiger partial charge in [0.2, 0.25) is 5.91 Å². The Balaban J connectivity index is 2.53. The Bertz CT molecular complexity index is 256. The van der Waals surface area contributed by atoms with E-state index in [9.17, 15) is 4.79 Å². The van der Waals surface area contributed by atoms with Gasteiger partial charge in [0, 0.05) is 19.5 Å². The molecule has 1 saturated carbocycles. The highest BCUT2D eigenvalue weighted by Crippen LogP contribution is 2.42. The molecule has 2 nitrogen and oxygen atoms in total. The maximum atomic E-state index is 12.1. The zero-order valence-electron chi connectivity index (χ0n) is 12.3. The molecule has 0 heterocycles. The number of carbonyl (C=O) groups excluding carboxylic acids is 1. The molecule has 0 aromatic heterocycles. The van der Waals surface area contributed by atoms with Crippen LogP contribution >= 0.6 is 0 Å². The maximum Gasteiger partial charge on any atom is 0.222 e. The molecule has 0 aromatic carbocycles. The summed E-state index contributed by atoms with van der Waals surface area (Å²) < 4.78 is 0. The van der Waals surface area contributed by atoms with E-state index in [1.165, 1.54) is 19.3 Å². The predicted octanol–water partition coefficient (Wildman–Crippen LogP) is 3.71. The van der Waals surface area contributed by atoms with Gasteiger partial charge in [0.05, 0.1) is 0 Å². The molecule has 1 rings (SSSR count). The van der Waals surface area contributed by atoms with Gasteiger partial charge in [0.25, 0.3) is 0 Å². The number of carbonyl (C=O) groups is 1. The van der Waals surface area contributed by atoms with Crippen molar-refractivity contribution in [2.24, 2.45) is 17.3 Å². The van der Waals surface area contributed by atoms with Crippen molar-refractivity contribution in [3.63, 3.8) is 0 Å². The first-order valence-electron chi connectivity index (χ1n) is 7.15. The monoisotopic (exact) mass is 239 g/mol. The number of hydrogen-bond donors (Lipinski definition) is 0. The summed E-state index contributed by atoms with van der Waals surface area (Å²) in [7, 11) is 0. The molecule has 0 spiro atoms. The van der Waals surface area contributed by atoms with E-state index in [2.05, 4.69) is 34.6 Å². The van der Waals surface area contributed by atoms with Crippen molar-refractivity contribution in [1.82, 2.24) is 4.90 Å². The highest BCUT2D eigenvalue weighted by Gasteiger charge is 2.33. The van der Waals surface area contributed by atoms with E-state index < -0.39 is 0 Å². The van der Waals surface area contributed by atoms with Crippen molar-refractivity contribution in [1.29, 1.82) is 0 Å². The van der Waals surface area contributed by atoms with E-state index >= 15 is 0 Å². The molecule has 100 valence electrons. The van der Waals surface area contributed by atoms with E-state index in [-0.39, 0.29) is 0 Å². The number of rotatable bonds is 4. The maximum absolute atomic E-state index is 12.1. The average molecular weight is 239 g/mol. The molecule has 0 aromatic rings. The van der Waals surface area contributed by atoms with Gasteiger partial charge in [-0.2, -0.15) is 0 Å². The van der Waals surface area contributed by atoms with E-state index in [1.54, 1.807) is 0 Å². The van der Waals surface area contributed by atoms with Crippen LogP contribution in [0.2, 0.25) is 0 Å². The summed E-state index contributed by atoms with van der Waals surface area (Å²) in [4.78, 5) is 14.1. The van der Waals surface area contributed by atoms with E-state index in [4.69, 9.17) is 0 Å². The minimum Gasteiger partial charge on any atom is -0.343 e. The Hall–Kier alpha value is -0.530. The first-order valence-corrected chi connectivity index (χ1v) is 7.15. The second-order valence-electron chi connectivity index (χ2n) is 6.55. The fourth-order valence-electron chi connectivity index (χ4n) is 3.65. The number of hydrogen-bond acceptors (Lipinski definition) is 1. The van der Waals surface area contributed by atoms with Crippen molar-refractivity contribution in [2.45, 2.75) is 60.3 Å². The minimum absolute atomic E-state index is 0.352. The second-order valence-corrected chi connectivity index (χ2v) is 6.55. The van der Waals surface area contributed by atoms with E-state index in [1.807, 2.05) is 4.90 Å². The predicted molar refractivity (Wildman–Crippen MR) is 72.8 cm³/mol. The summed E-state index contributed by atoms with van der Waals surface area (Å²) in [6.45, 7) is 12.8. The fraction of sp³-hybridized carbons (Fsp3) is 0.933. The van der Waals surface area contributed by atoms with Crippen molar-refractivity contribution < 1.29 is 4.79 Å². The molecule has 1 amide bonds. The molecule has 0 bridgehead atoms. The van der Waals surface area contributed by atoms with Gasteiger partial charge in [-0.15, -0.1) is 0 Å². The van der Waals surface area contributed by atoms with Gasteiger partial charge in [-0.1, -0.05) is 20.8 Å². The standard InChI is InChI=1S/C15H29NO/c1-6-16(7-2)14(17)9-13-8-12(3)10-15(4,5)11-13/h12-13H,6-11H2,1-5H3/t12-,13+/m1/s1. The summed E-state index contributed by atoms with van der Waals surface area (Å²) in [5.74, 6) is 1.72. The Morgan fingerprint density at radius 1 is 1.24 bits per heavy atom. The lowest BCUT2D eigenvalue weighted by Crippen LogP contribution is -2.35. The Kier molecular flexibility index (Phi) is 5.03. The lowest BCUT2D eigenvalue weighted by Gasteiger charge is -2.39. The van der Waals surface area contributed by atoms with Crippen molar-refractivity contribution >= 4 is 5.91 Å². The smallest absolute Gasteiger partial charge is 0.222 e. The molecule has 1 aliphatic rings. The zero-order valence-corrected chi connectivity index (χ0v) is 12.3. The molecule has 0 N–H and O–H groups in total. The van der Waals surface area contributed by atoms with Gasteiger partial charge in [0.1, 0.15) is 0 Å². The first kappa shape index (κ1) is 14.5. The van der Waals surface area contributed by atoms with Crippen LogP contribution in [-0.2, 0) is 4.79 Å². The third kappa shape index (κ3) is 4.33. The second kappa shape index (κ2) is 5.88. The topological polar surface area (TPSA) is 20.3 Å². The van der Waals surface area contributed by atoms with Crippen LogP contribution in [0.4, 0.5) is 0 Å². The van der Waals surface area contributed by atoms with Gasteiger partial charge < -0.3 is 4.90 Å². The Morgan fingerprint density at radius 2 is 1.82 bits per heavy atom. The molecule has 0 saturated heterocycles. The van der Waals surface area contributed by atoms with E-state index in [0.29, 0.717) is 17.2 Å². The first-order chi connectivity index (χ1) is 7.88. The van der Waals surface area contributed by atoms with Crippen LogP contribution in [0.1, 0.15) is 60.3 Å². The van der Waals surface area contributed by atoms with Crippen LogP contribution in [0.15, 0.2) is 0 Å². The van der Waals surface area contributed by atoms with Crippen LogP contribution in [0, 0.1) is 17.3 Å². The van der Waals surface area contributed by atoms with Crippen molar-refractivity contribution in [2.75, 3.05) is 13.1 Å². The third-order valence-corrected chi connectivity index (χ3v) is 4.06. The quantitative estimate of drug-likeness (QED) is 0.732. The van der Waals surface area contributed by atoms with E-state index in [0.717, 1.165) is 25.4 Å². The molecular weight excluding hydrogens is 210 g/mol. The van der Waals surface area contributed by atoms with Crippen LogP contribution in [0.3, 0.4) is 0 Å². The molecule has 2 atom stereocenters. The van der Waals surface area contributed by atoms with Crippen LogP contribution < -0.4 is 0 Å². The molecule has 17 heavy (non-hydrogen) atoms. The largest absolute Gasteiger partial charge is 0.343 e. The van der Waals surface area contributed by atoms with Gasteiger partial charge in [-0.25, -0.2) is 0 Å². The number of amides is 1. The highest BCUT2D eigenvalue weighted by molar-refractivity contribution is 5.76. The van der Waals surface area contributed by atoms with Crippen LogP contribution in [0.5, 0.6) is 0 Å². The van der Waals surface area contributed by atoms with Crippen LogP contribution in [0.25, 0.3) is 0 Å². The van der Waals surface area contributed by atoms with Gasteiger partial charge in [0.15, 0.2) is 0 Å². The fourth-order valence-corrected chi connectivity index (χ4v) is 3.65. The molecular formula is C15H29NO. The lowest BCUT2D eigenvalue weighted by molar-refractivity contribution is -0.132. The lowest BCUT2D eigenvalue weighted by atomic mass is 9.67. The summed E-state index contributed by atoms with van der Waals surface area (Å²) in [6.07, 6.45) is 4.51. The molecule has 2 heteroatoms. The van der Waals surface area contributed by atoms with Crippen molar-refractivity contribution in [3.8, 4) is 0 Å². The zero-order chi connectivity index (χ0) is 13.1. The molecule has 1 aliphatic carbocycles. The third-order valence-electron chi connectivity index (χ3n) is 4.06. The van der Waals surface area contributed by atoms with Gasteiger partial charge in [-0.3, -0.25) is 4.79 Å². The summed E-state index contributed by atoms with van der Waals surface area (Å²) >= 11 is 0. The normalized spacial score (nSPS) is 27.8. The molecule has 1 fully saturated rings. The SMILES string of the molecule is CCN(CC)C(=O)C[C@@H]1C[C@@H](C)CC(C)(C)C1. The summed E-state index contributed by atoms with van der Waals surface area (Å²) in [6, 6.07) is 0. The Morgan fingerprint density at radius 3 is 2.29 bits per heavy atom. The van der Waals surface area contributed by atoms with Crippen molar-refractivity contribution in [3.05, 3.63) is 0 Å². The summed E-state index contributed by atoms with van der Waals surface area (Å²) in [5, 5.41) is 0. The average Bonchev–Trinajstić information content (AvgIpc) is 2.15. The molecule has 0 unspecified atom stereocenters. The molecule has 0 radical (unpaired) electrons. The Labute approximate surface area is 107 Å². The summed E-state index contributed by atoms with van der Waals surface area (Å²) in [5.41, 5.74) is 0.422. The number of nitrogens with zero attached hydrogens (tertiary/aromatic N) is 1. The minimum atomic E-state index is 0.352. The van der Waals surface area contributed by atoms with Gasteiger partial charge >= 0.3 is 0 Å².